The van der Waals surface area contributed by atoms with E-state index in [0.717, 1.165) is 6.42 Å². The van der Waals surface area contributed by atoms with Crippen LogP contribution in [-0.2, 0) is 9.59 Å². The average Bonchev–Trinajstić information content (AvgIpc) is 2.17. The van der Waals surface area contributed by atoms with Crippen molar-refractivity contribution < 1.29 is 14.4 Å². The van der Waals surface area contributed by atoms with Crippen molar-refractivity contribution in [3.63, 3.8) is 0 Å². The third-order valence-corrected chi connectivity index (χ3v) is 3.08. The number of amides is 4. The number of rotatable bonds is 4. The molecular weight excluding hydrogens is 415 g/mol. The second kappa shape index (κ2) is 6.46. The molecule has 1 fully saturated rings. The Morgan fingerprint density at radius 3 is 1.94 bits per heavy atom. The maximum atomic E-state index is 11.8. The number of nitrogens with one attached hydrogen (secondary N) is 2. The second-order valence-corrected chi connectivity index (χ2v) is 4.61. The van der Waals surface area contributed by atoms with Crippen molar-refractivity contribution in [3.8, 4) is 0 Å². The van der Waals surface area contributed by atoms with Crippen molar-refractivity contribution in [1.82, 2.24) is 10.6 Å². The van der Waals surface area contributed by atoms with Gasteiger partial charge in [0, 0.05) is 0 Å². The standard InChI is InChI=1S/C11H18N2O3.Pb.2H/c1-4-11(6-5-7(2)3)8(14)12-10(16)13-9(11)15;;;/h7H,4-6H2,1-3H3,(H2,12,13,14,15,16);;;. The third kappa shape index (κ3) is 3.49. The number of carbonyl (C=O) groups excluding carboxylic acids is 3. The summed E-state index contributed by atoms with van der Waals surface area (Å²) in [5, 5.41) is 4.33. The van der Waals surface area contributed by atoms with Crippen LogP contribution in [0.5, 0.6) is 0 Å². The van der Waals surface area contributed by atoms with E-state index in [1.807, 2.05) is 13.8 Å². The van der Waals surface area contributed by atoms with Gasteiger partial charge in [-0.05, 0) is 25.2 Å². The van der Waals surface area contributed by atoms with E-state index in [0.29, 0.717) is 18.8 Å². The van der Waals surface area contributed by atoms with Crippen LogP contribution in [0.25, 0.3) is 0 Å². The summed E-state index contributed by atoms with van der Waals surface area (Å²) in [5.74, 6) is -0.518. The van der Waals surface area contributed by atoms with Gasteiger partial charge >= 0.3 is 33.3 Å². The van der Waals surface area contributed by atoms with Crippen LogP contribution in [0.4, 0.5) is 4.79 Å². The molecule has 96 valence electrons. The molecule has 0 spiro atoms. The van der Waals surface area contributed by atoms with E-state index in [1.165, 1.54) is 0 Å². The van der Waals surface area contributed by atoms with Gasteiger partial charge in [-0.15, -0.1) is 0 Å². The SMILES string of the molecule is CCC1(CCC(C)C)C(=O)NC(=O)NC1=O.[PbH2]. The van der Waals surface area contributed by atoms with Gasteiger partial charge in [0.2, 0.25) is 11.8 Å². The normalized spacial score (nSPS) is 18.5. The monoisotopic (exact) mass is 436 g/mol. The molecule has 4 amide bonds. The van der Waals surface area contributed by atoms with Crippen molar-refractivity contribution in [2.75, 3.05) is 0 Å². The van der Waals surface area contributed by atoms with Gasteiger partial charge < -0.3 is 0 Å². The van der Waals surface area contributed by atoms with Crippen molar-refractivity contribution in [1.29, 1.82) is 0 Å². The number of imide groups is 2. The Bertz CT molecular complexity index is 309. The summed E-state index contributed by atoms with van der Waals surface area (Å²) in [6.07, 6.45) is 1.67. The molecule has 0 aromatic heterocycles. The fourth-order valence-electron chi connectivity index (χ4n) is 1.84. The fraction of sp³-hybridized carbons (Fsp3) is 0.727. The zero-order chi connectivity index (χ0) is 12.3. The average molecular weight is 435 g/mol. The molecule has 2 radical (unpaired) electrons. The van der Waals surface area contributed by atoms with Crippen LogP contribution >= 0.6 is 0 Å². The first-order valence-electron chi connectivity index (χ1n) is 5.59. The van der Waals surface area contributed by atoms with Crippen LogP contribution in [0.1, 0.15) is 40.0 Å². The van der Waals surface area contributed by atoms with Gasteiger partial charge in [0.05, 0.1) is 0 Å². The van der Waals surface area contributed by atoms with E-state index in [2.05, 4.69) is 10.6 Å². The molecule has 1 aliphatic rings. The molecule has 0 bridgehead atoms. The van der Waals surface area contributed by atoms with Gasteiger partial charge in [-0.3, -0.25) is 20.2 Å². The van der Waals surface area contributed by atoms with Crippen molar-refractivity contribution in [2.45, 2.75) is 40.0 Å². The Morgan fingerprint density at radius 2 is 1.59 bits per heavy atom. The van der Waals surface area contributed by atoms with Crippen molar-refractivity contribution in [3.05, 3.63) is 0 Å². The predicted octanol–water partition coefficient (Wildman–Crippen LogP) is 0.269. The molecular formula is C11H20N2O3Pb. The predicted molar refractivity (Wildman–Crippen MR) is 67.0 cm³/mol. The van der Waals surface area contributed by atoms with E-state index in [9.17, 15) is 14.4 Å². The fourth-order valence-corrected chi connectivity index (χ4v) is 1.84. The van der Waals surface area contributed by atoms with Gasteiger partial charge in [0.1, 0.15) is 5.41 Å². The number of hydrogen-bond acceptors (Lipinski definition) is 3. The van der Waals surface area contributed by atoms with Gasteiger partial charge in [0.15, 0.2) is 0 Å². The summed E-state index contributed by atoms with van der Waals surface area (Å²) in [4.78, 5) is 34.5. The third-order valence-electron chi connectivity index (χ3n) is 3.08. The summed E-state index contributed by atoms with van der Waals surface area (Å²) < 4.78 is 0. The maximum absolute atomic E-state index is 11.8. The zero-order valence-corrected chi connectivity index (χ0v) is 16.1. The Kier molecular flexibility index (Phi) is 6.28. The van der Waals surface area contributed by atoms with Crippen molar-refractivity contribution in [2.24, 2.45) is 11.3 Å². The van der Waals surface area contributed by atoms with E-state index in [4.69, 9.17) is 0 Å². The first-order valence-corrected chi connectivity index (χ1v) is 5.59. The number of barbiturate groups is 1. The molecule has 0 saturated carbocycles. The first kappa shape index (κ1) is 16.5. The van der Waals surface area contributed by atoms with E-state index < -0.39 is 23.3 Å². The Hall–Kier alpha value is -0.468. The molecule has 0 aromatic carbocycles. The molecule has 2 N–H and O–H groups in total. The molecule has 0 aromatic rings. The van der Waals surface area contributed by atoms with Crippen LogP contribution in [0.3, 0.4) is 0 Å². The molecule has 1 saturated heterocycles. The topological polar surface area (TPSA) is 75.3 Å². The van der Waals surface area contributed by atoms with Crippen molar-refractivity contribution >= 4 is 45.1 Å². The van der Waals surface area contributed by atoms with Gasteiger partial charge in [-0.1, -0.05) is 20.8 Å². The summed E-state index contributed by atoms with van der Waals surface area (Å²) in [6.45, 7) is 5.86. The summed E-state index contributed by atoms with van der Waals surface area (Å²) in [6, 6.07) is -0.719. The minimum atomic E-state index is -1.07. The van der Waals surface area contributed by atoms with Crippen LogP contribution in [-0.4, -0.2) is 45.1 Å². The molecule has 1 rings (SSSR count). The molecule has 17 heavy (non-hydrogen) atoms. The van der Waals surface area contributed by atoms with Gasteiger partial charge in [-0.25, -0.2) is 4.79 Å². The van der Waals surface area contributed by atoms with Gasteiger partial charge in [0.25, 0.3) is 0 Å². The van der Waals surface area contributed by atoms with Crippen LogP contribution < -0.4 is 10.6 Å². The van der Waals surface area contributed by atoms with Crippen LogP contribution in [0.15, 0.2) is 0 Å². The quantitative estimate of drug-likeness (QED) is 0.492. The first-order chi connectivity index (χ1) is 7.42. The Labute approximate surface area is 121 Å². The second-order valence-electron chi connectivity index (χ2n) is 4.61. The molecule has 1 heterocycles. The molecule has 0 atom stereocenters. The Balaban J connectivity index is 0.00000256. The summed E-state index contributed by atoms with van der Waals surface area (Å²) in [5.41, 5.74) is -1.07. The molecule has 0 aliphatic carbocycles. The summed E-state index contributed by atoms with van der Waals surface area (Å²) in [7, 11) is 0. The number of urea groups is 1. The molecule has 6 heteroatoms. The molecule has 1 aliphatic heterocycles. The zero-order valence-electron chi connectivity index (χ0n) is 10.6. The van der Waals surface area contributed by atoms with Gasteiger partial charge in [-0.2, -0.15) is 0 Å². The van der Waals surface area contributed by atoms with Crippen LogP contribution in [0, 0.1) is 11.3 Å². The van der Waals surface area contributed by atoms with E-state index in [-0.39, 0.29) is 27.3 Å². The van der Waals surface area contributed by atoms with Crippen LogP contribution in [0.2, 0.25) is 0 Å². The molecule has 0 unspecified atom stereocenters. The number of hydrogen-bond donors (Lipinski definition) is 2. The molecule has 5 nitrogen and oxygen atoms in total. The Morgan fingerprint density at radius 1 is 1.12 bits per heavy atom. The summed E-state index contributed by atoms with van der Waals surface area (Å²) >= 11 is 0. The van der Waals surface area contributed by atoms with E-state index in [1.54, 1.807) is 6.92 Å². The minimum absolute atomic E-state index is 0. The van der Waals surface area contributed by atoms with E-state index >= 15 is 0 Å². The number of carbonyl (C=O) groups is 3.